The third kappa shape index (κ3) is 8.36. The van der Waals surface area contributed by atoms with E-state index in [4.69, 9.17) is 11.6 Å². The van der Waals surface area contributed by atoms with Gasteiger partial charge in [0.25, 0.3) is 0 Å². The van der Waals surface area contributed by atoms with Gasteiger partial charge >= 0.3 is 0 Å². The van der Waals surface area contributed by atoms with Crippen molar-refractivity contribution in [1.82, 2.24) is 20.9 Å². The van der Waals surface area contributed by atoms with Gasteiger partial charge in [0, 0.05) is 25.3 Å². The lowest BCUT2D eigenvalue weighted by Gasteiger charge is -2.11. The van der Waals surface area contributed by atoms with Gasteiger partial charge in [-0.1, -0.05) is 17.7 Å². The minimum absolute atomic E-state index is 0. The molecule has 1 aromatic heterocycles. The SMILES string of the molecule is CCNC(=NCC(=O)NC1CC1)NCCc1ccc(Cl)nc1.I. The maximum Gasteiger partial charge on any atom is 0.242 e. The summed E-state index contributed by atoms with van der Waals surface area (Å²) in [5.74, 6) is 0.622. The Labute approximate surface area is 158 Å². The molecule has 0 spiro atoms. The minimum Gasteiger partial charge on any atom is -0.357 e. The Morgan fingerprint density at radius 3 is 2.78 bits per heavy atom. The van der Waals surface area contributed by atoms with E-state index in [2.05, 4.69) is 25.9 Å². The van der Waals surface area contributed by atoms with Gasteiger partial charge in [-0.3, -0.25) is 4.79 Å². The van der Waals surface area contributed by atoms with E-state index >= 15 is 0 Å². The van der Waals surface area contributed by atoms with Crippen LogP contribution in [0.5, 0.6) is 0 Å². The topological polar surface area (TPSA) is 78.4 Å². The van der Waals surface area contributed by atoms with Crippen LogP contribution in [0.1, 0.15) is 25.3 Å². The van der Waals surface area contributed by atoms with Crippen molar-refractivity contribution < 1.29 is 4.79 Å². The Kier molecular flexibility index (Phi) is 9.23. The molecule has 0 unspecified atom stereocenters. The molecular weight excluding hydrogens is 429 g/mol. The van der Waals surface area contributed by atoms with Gasteiger partial charge < -0.3 is 16.0 Å². The van der Waals surface area contributed by atoms with E-state index < -0.39 is 0 Å². The minimum atomic E-state index is -0.0263. The lowest BCUT2D eigenvalue weighted by Crippen LogP contribution is -2.39. The van der Waals surface area contributed by atoms with Crippen molar-refractivity contribution in [2.75, 3.05) is 19.6 Å². The molecule has 1 saturated carbocycles. The summed E-state index contributed by atoms with van der Waals surface area (Å²) >= 11 is 5.75. The first kappa shape index (κ1) is 20.0. The number of hydrogen-bond acceptors (Lipinski definition) is 3. The van der Waals surface area contributed by atoms with Gasteiger partial charge in [-0.05, 0) is 37.8 Å². The van der Waals surface area contributed by atoms with Crippen LogP contribution in [0.15, 0.2) is 23.3 Å². The Morgan fingerprint density at radius 1 is 1.39 bits per heavy atom. The van der Waals surface area contributed by atoms with Crippen molar-refractivity contribution in [2.45, 2.75) is 32.2 Å². The van der Waals surface area contributed by atoms with Crippen LogP contribution in [0.2, 0.25) is 5.15 Å². The summed E-state index contributed by atoms with van der Waals surface area (Å²) in [6.45, 7) is 3.59. The average molecular weight is 452 g/mol. The first-order valence-corrected chi connectivity index (χ1v) is 7.97. The molecule has 8 heteroatoms. The predicted molar refractivity (Wildman–Crippen MR) is 104 cm³/mol. The smallest absolute Gasteiger partial charge is 0.242 e. The largest absolute Gasteiger partial charge is 0.357 e. The fourth-order valence-corrected chi connectivity index (χ4v) is 1.98. The predicted octanol–water partition coefficient (Wildman–Crippen LogP) is 1.73. The second-order valence-corrected chi connectivity index (χ2v) is 5.59. The standard InChI is InChI=1S/C15H22ClN5O.HI/c1-2-17-15(20-10-14(22)21-12-4-5-12)18-8-7-11-3-6-13(16)19-9-11;/h3,6,9,12H,2,4-5,7-8,10H2,1H3,(H,21,22)(H2,17,18,20);1H. The summed E-state index contributed by atoms with van der Waals surface area (Å²) in [5.41, 5.74) is 1.10. The molecule has 1 heterocycles. The zero-order chi connectivity index (χ0) is 15.8. The molecule has 128 valence electrons. The molecule has 0 atom stereocenters. The lowest BCUT2D eigenvalue weighted by atomic mass is 10.2. The first-order valence-electron chi connectivity index (χ1n) is 7.59. The van der Waals surface area contributed by atoms with Crippen LogP contribution in [0.3, 0.4) is 0 Å². The van der Waals surface area contributed by atoms with Gasteiger partial charge in [-0.15, -0.1) is 24.0 Å². The molecule has 0 saturated heterocycles. The van der Waals surface area contributed by atoms with Gasteiger partial charge in [0.05, 0.1) is 0 Å². The van der Waals surface area contributed by atoms with Crippen molar-refractivity contribution in [3.63, 3.8) is 0 Å². The van der Waals surface area contributed by atoms with E-state index in [1.165, 1.54) is 0 Å². The Bertz CT molecular complexity index is 519. The molecular formula is C15H23ClIN5O. The summed E-state index contributed by atoms with van der Waals surface area (Å²) in [6.07, 6.45) is 4.74. The molecule has 1 fully saturated rings. The molecule has 0 aliphatic heterocycles. The highest BCUT2D eigenvalue weighted by Gasteiger charge is 2.22. The molecule has 0 aromatic carbocycles. The van der Waals surface area contributed by atoms with Crippen molar-refractivity contribution in [2.24, 2.45) is 4.99 Å². The van der Waals surface area contributed by atoms with Crippen LogP contribution in [-0.4, -0.2) is 42.5 Å². The van der Waals surface area contributed by atoms with Crippen molar-refractivity contribution in [3.8, 4) is 0 Å². The number of nitrogens with zero attached hydrogens (tertiary/aromatic N) is 2. The number of guanidine groups is 1. The van der Waals surface area contributed by atoms with Gasteiger partial charge in [0.1, 0.15) is 11.7 Å². The molecule has 23 heavy (non-hydrogen) atoms. The number of rotatable bonds is 7. The third-order valence-electron chi connectivity index (χ3n) is 3.16. The maximum absolute atomic E-state index is 11.6. The van der Waals surface area contributed by atoms with E-state index in [0.717, 1.165) is 31.4 Å². The number of pyridine rings is 1. The fourth-order valence-electron chi connectivity index (χ4n) is 1.87. The van der Waals surface area contributed by atoms with Crippen LogP contribution in [-0.2, 0) is 11.2 Å². The van der Waals surface area contributed by atoms with Crippen LogP contribution in [0, 0.1) is 0 Å². The highest BCUT2D eigenvalue weighted by molar-refractivity contribution is 14.0. The monoisotopic (exact) mass is 451 g/mol. The first-order chi connectivity index (χ1) is 10.7. The van der Waals surface area contributed by atoms with Crippen LogP contribution in [0.25, 0.3) is 0 Å². The zero-order valence-corrected chi connectivity index (χ0v) is 16.2. The number of hydrogen-bond donors (Lipinski definition) is 3. The van der Waals surface area contributed by atoms with E-state index in [0.29, 0.717) is 23.7 Å². The number of aliphatic imine (C=N–C) groups is 1. The molecule has 3 N–H and O–H groups in total. The molecule has 1 aliphatic carbocycles. The second-order valence-electron chi connectivity index (χ2n) is 5.20. The molecule has 1 amide bonds. The van der Waals surface area contributed by atoms with Gasteiger partial charge in [0.2, 0.25) is 5.91 Å². The highest BCUT2D eigenvalue weighted by Crippen LogP contribution is 2.18. The summed E-state index contributed by atoms with van der Waals surface area (Å²) in [5, 5.41) is 9.74. The van der Waals surface area contributed by atoms with Crippen LogP contribution < -0.4 is 16.0 Å². The van der Waals surface area contributed by atoms with Gasteiger partial charge in [-0.25, -0.2) is 9.98 Å². The van der Waals surface area contributed by atoms with Gasteiger partial charge in [-0.2, -0.15) is 0 Å². The van der Waals surface area contributed by atoms with Gasteiger partial charge in [0.15, 0.2) is 5.96 Å². The number of nitrogens with one attached hydrogen (secondary N) is 3. The molecule has 1 aromatic rings. The summed E-state index contributed by atoms with van der Waals surface area (Å²) in [7, 11) is 0. The summed E-state index contributed by atoms with van der Waals surface area (Å²) in [6, 6.07) is 4.10. The number of halogens is 2. The maximum atomic E-state index is 11.6. The molecule has 0 radical (unpaired) electrons. The Morgan fingerprint density at radius 2 is 2.17 bits per heavy atom. The Hall–Kier alpha value is -1.09. The van der Waals surface area contributed by atoms with Crippen molar-refractivity contribution >= 4 is 47.4 Å². The number of carbonyl (C=O) groups excluding carboxylic acids is 1. The number of carbonyl (C=O) groups is 1. The second kappa shape index (κ2) is 10.6. The molecule has 0 bridgehead atoms. The zero-order valence-electron chi connectivity index (χ0n) is 13.1. The highest BCUT2D eigenvalue weighted by atomic mass is 127. The summed E-state index contributed by atoms with van der Waals surface area (Å²) < 4.78 is 0. The fraction of sp³-hybridized carbons (Fsp3) is 0.533. The van der Waals surface area contributed by atoms with Crippen molar-refractivity contribution in [3.05, 3.63) is 29.0 Å². The van der Waals surface area contributed by atoms with Crippen LogP contribution >= 0.6 is 35.6 Å². The van der Waals surface area contributed by atoms with Crippen LogP contribution in [0.4, 0.5) is 0 Å². The number of amides is 1. The third-order valence-corrected chi connectivity index (χ3v) is 3.39. The summed E-state index contributed by atoms with van der Waals surface area (Å²) in [4.78, 5) is 20.0. The molecule has 6 nitrogen and oxygen atoms in total. The normalized spacial score (nSPS) is 13.9. The molecule has 1 aliphatic rings. The average Bonchev–Trinajstić information content (AvgIpc) is 3.31. The van der Waals surface area contributed by atoms with E-state index in [9.17, 15) is 4.79 Å². The number of aromatic nitrogens is 1. The van der Waals surface area contributed by atoms with E-state index in [-0.39, 0.29) is 36.4 Å². The Balaban J connectivity index is 0.00000264. The van der Waals surface area contributed by atoms with E-state index in [1.54, 1.807) is 12.3 Å². The van der Waals surface area contributed by atoms with E-state index in [1.807, 2.05) is 13.0 Å². The molecule has 2 rings (SSSR count). The quantitative estimate of drug-likeness (QED) is 0.255. The lowest BCUT2D eigenvalue weighted by molar-refractivity contribution is -0.119. The van der Waals surface area contributed by atoms with Crippen molar-refractivity contribution in [1.29, 1.82) is 0 Å².